The molecule has 0 heterocycles. The number of hydrogen-bond acceptors (Lipinski definition) is 3. The second-order valence-electron chi connectivity index (χ2n) is 3.96. The number of nitrogens with one attached hydrogen (secondary N) is 1. The first kappa shape index (κ1) is 15.0. The van der Waals surface area contributed by atoms with Crippen LogP contribution in [-0.2, 0) is 16.0 Å². The molecule has 0 spiro atoms. The minimum atomic E-state index is -0.0895. The van der Waals surface area contributed by atoms with Crippen LogP contribution in [0, 0.1) is 6.92 Å². The molecule has 100 valence electrons. The van der Waals surface area contributed by atoms with E-state index in [9.17, 15) is 4.79 Å². The van der Waals surface area contributed by atoms with Crippen molar-refractivity contribution in [2.24, 2.45) is 0 Å². The SMILES string of the molecule is Cc1ccc(CC(=O)NCCOCCO)c(Cl)c1. The summed E-state index contributed by atoms with van der Waals surface area (Å²) in [5, 5.41) is 11.8. The van der Waals surface area contributed by atoms with Gasteiger partial charge < -0.3 is 15.2 Å². The lowest BCUT2D eigenvalue weighted by Crippen LogP contribution is -2.29. The number of aliphatic hydroxyl groups excluding tert-OH is 1. The van der Waals surface area contributed by atoms with E-state index in [1.165, 1.54) is 0 Å². The van der Waals surface area contributed by atoms with Crippen molar-refractivity contribution in [2.45, 2.75) is 13.3 Å². The summed E-state index contributed by atoms with van der Waals surface area (Å²) in [7, 11) is 0. The Morgan fingerprint density at radius 1 is 1.44 bits per heavy atom. The molecule has 1 amide bonds. The average molecular weight is 272 g/mol. The maximum atomic E-state index is 11.6. The van der Waals surface area contributed by atoms with Gasteiger partial charge in [-0.2, -0.15) is 0 Å². The molecular formula is C13H18ClNO3. The molecule has 0 radical (unpaired) electrons. The zero-order valence-electron chi connectivity index (χ0n) is 10.4. The highest BCUT2D eigenvalue weighted by molar-refractivity contribution is 6.31. The maximum absolute atomic E-state index is 11.6. The van der Waals surface area contributed by atoms with Crippen molar-refractivity contribution in [1.82, 2.24) is 5.32 Å². The van der Waals surface area contributed by atoms with Gasteiger partial charge in [-0.1, -0.05) is 23.7 Å². The van der Waals surface area contributed by atoms with Crippen molar-refractivity contribution in [3.63, 3.8) is 0 Å². The summed E-state index contributed by atoms with van der Waals surface area (Å²) in [4.78, 5) is 11.6. The summed E-state index contributed by atoms with van der Waals surface area (Å²) in [5.41, 5.74) is 1.89. The number of carbonyl (C=O) groups is 1. The summed E-state index contributed by atoms with van der Waals surface area (Å²) in [5.74, 6) is -0.0895. The Balaban J connectivity index is 2.31. The van der Waals surface area contributed by atoms with Crippen LogP contribution in [-0.4, -0.2) is 37.4 Å². The van der Waals surface area contributed by atoms with Crippen molar-refractivity contribution < 1.29 is 14.6 Å². The van der Waals surface area contributed by atoms with E-state index in [4.69, 9.17) is 21.4 Å². The van der Waals surface area contributed by atoms with Crippen LogP contribution in [0.1, 0.15) is 11.1 Å². The van der Waals surface area contributed by atoms with Gasteiger partial charge in [0.25, 0.3) is 0 Å². The van der Waals surface area contributed by atoms with Gasteiger partial charge in [0.1, 0.15) is 0 Å². The second kappa shape index (κ2) is 8.08. The van der Waals surface area contributed by atoms with E-state index >= 15 is 0 Å². The summed E-state index contributed by atoms with van der Waals surface area (Å²) < 4.78 is 5.03. The predicted molar refractivity (Wildman–Crippen MR) is 70.8 cm³/mol. The Hall–Kier alpha value is -1.10. The molecule has 5 heteroatoms. The summed E-state index contributed by atoms with van der Waals surface area (Å²) in [6.45, 7) is 3.07. The van der Waals surface area contributed by atoms with Gasteiger partial charge in [0.2, 0.25) is 5.91 Å². The van der Waals surface area contributed by atoms with Crippen LogP contribution in [0.25, 0.3) is 0 Å². The fourth-order valence-corrected chi connectivity index (χ4v) is 1.76. The number of hydrogen-bond donors (Lipinski definition) is 2. The molecule has 0 aliphatic rings. The molecule has 0 unspecified atom stereocenters. The van der Waals surface area contributed by atoms with Crippen molar-refractivity contribution in [1.29, 1.82) is 0 Å². The molecule has 0 saturated heterocycles. The van der Waals surface area contributed by atoms with Gasteiger partial charge in [-0.15, -0.1) is 0 Å². The molecule has 0 atom stereocenters. The molecule has 0 aliphatic carbocycles. The molecule has 0 aromatic heterocycles. The third kappa shape index (κ3) is 5.49. The lowest BCUT2D eigenvalue weighted by molar-refractivity contribution is -0.120. The topological polar surface area (TPSA) is 58.6 Å². The third-order valence-corrected chi connectivity index (χ3v) is 2.72. The lowest BCUT2D eigenvalue weighted by atomic mass is 10.1. The number of carbonyl (C=O) groups excluding carboxylic acids is 1. The van der Waals surface area contributed by atoms with E-state index in [0.29, 0.717) is 24.8 Å². The largest absolute Gasteiger partial charge is 0.394 e. The smallest absolute Gasteiger partial charge is 0.224 e. The molecule has 18 heavy (non-hydrogen) atoms. The zero-order valence-corrected chi connectivity index (χ0v) is 11.2. The standard InChI is InChI=1S/C13H18ClNO3/c1-10-2-3-11(12(14)8-10)9-13(17)15-4-6-18-7-5-16/h2-3,8,16H,4-7,9H2,1H3,(H,15,17). The van der Waals surface area contributed by atoms with Gasteiger partial charge in [-0.05, 0) is 24.1 Å². The molecule has 2 N–H and O–H groups in total. The first-order valence-electron chi connectivity index (χ1n) is 5.84. The fourth-order valence-electron chi connectivity index (χ4n) is 1.46. The van der Waals surface area contributed by atoms with Crippen molar-refractivity contribution >= 4 is 17.5 Å². The predicted octanol–water partition coefficient (Wildman–Crippen LogP) is 1.32. The first-order valence-corrected chi connectivity index (χ1v) is 6.21. The highest BCUT2D eigenvalue weighted by Gasteiger charge is 2.06. The van der Waals surface area contributed by atoms with Crippen molar-refractivity contribution in [2.75, 3.05) is 26.4 Å². The summed E-state index contributed by atoms with van der Waals surface area (Å²) in [6.07, 6.45) is 0.263. The third-order valence-electron chi connectivity index (χ3n) is 2.36. The van der Waals surface area contributed by atoms with Gasteiger partial charge in [0.05, 0.1) is 26.2 Å². The quantitative estimate of drug-likeness (QED) is 0.736. The van der Waals surface area contributed by atoms with Crippen LogP contribution in [0.2, 0.25) is 5.02 Å². The van der Waals surface area contributed by atoms with Crippen LogP contribution in [0.5, 0.6) is 0 Å². The maximum Gasteiger partial charge on any atom is 0.224 e. The molecule has 0 bridgehead atoms. The second-order valence-corrected chi connectivity index (χ2v) is 4.36. The Morgan fingerprint density at radius 2 is 2.22 bits per heavy atom. The molecular weight excluding hydrogens is 254 g/mol. The number of halogens is 1. The lowest BCUT2D eigenvalue weighted by Gasteiger charge is -2.07. The Bertz CT molecular complexity index is 396. The minimum Gasteiger partial charge on any atom is -0.394 e. The molecule has 4 nitrogen and oxygen atoms in total. The molecule has 1 aromatic carbocycles. The Kier molecular flexibility index (Phi) is 6.72. The Labute approximate surface area is 112 Å². The molecule has 1 aromatic rings. The van der Waals surface area contributed by atoms with Gasteiger partial charge in [-0.25, -0.2) is 0 Å². The van der Waals surface area contributed by atoms with Crippen molar-refractivity contribution in [3.05, 3.63) is 34.3 Å². The number of aliphatic hydroxyl groups is 1. The van der Waals surface area contributed by atoms with E-state index in [2.05, 4.69) is 5.32 Å². The highest BCUT2D eigenvalue weighted by atomic mass is 35.5. The molecule has 1 rings (SSSR count). The van der Waals surface area contributed by atoms with Gasteiger partial charge in [0.15, 0.2) is 0 Å². The summed E-state index contributed by atoms with van der Waals surface area (Å²) in [6, 6.07) is 5.63. The highest BCUT2D eigenvalue weighted by Crippen LogP contribution is 2.17. The first-order chi connectivity index (χ1) is 8.63. The molecule has 0 aliphatic heterocycles. The molecule has 0 saturated carbocycles. The normalized spacial score (nSPS) is 10.4. The van der Waals surface area contributed by atoms with Crippen LogP contribution in [0.4, 0.5) is 0 Å². The van der Waals surface area contributed by atoms with Gasteiger partial charge >= 0.3 is 0 Å². The number of amides is 1. The van der Waals surface area contributed by atoms with E-state index in [1.54, 1.807) is 0 Å². The van der Waals surface area contributed by atoms with Gasteiger partial charge in [-0.3, -0.25) is 4.79 Å². The van der Waals surface area contributed by atoms with Crippen LogP contribution < -0.4 is 5.32 Å². The summed E-state index contributed by atoms with van der Waals surface area (Å²) >= 11 is 6.04. The van der Waals surface area contributed by atoms with Crippen LogP contribution >= 0.6 is 11.6 Å². The van der Waals surface area contributed by atoms with E-state index < -0.39 is 0 Å². The number of rotatable bonds is 7. The van der Waals surface area contributed by atoms with Crippen LogP contribution in [0.15, 0.2) is 18.2 Å². The fraction of sp³-hybridized carbons (Fsp3) is 0.462. The molecule has 0 fully saturated rings. The minimum absolute atomic E-state index is 0.00702. The van der Waals surface area contributed by atoms with Crippen molar-refractivity contribution in [3.8, 4) is 0 Å². The number of benzene rings is 1. The van der Waals surface area contributed by atoms with E-state index in [1.807, 2.05) is 25.1 Å². The Morgan fingerprint density at radius 3 is 2.89 bits per heavy atom. The van der Waals surface area contributed by atoms with Gasteiger partial charge in [0, 0.05) is 11.6 Å². The average Bonchev–Trinajstić information content (AvgIpc) is 2.32. The van der Waals surface area contributed by atoms with E-state index in [-0.39, 0.29) is 18.9 Å². The number of aryl methyl sites for hydroxylation is 1. The van der Waals surface area contributed by atoms with E-state index in [0.717, 1.165) is 11.1 Å². The zero-order chi connectivity index (χ0) is 13.4. The number of ether oxygens (including phenoxy) is 1. The van der Waals surface area contributed by atoms with Crippen LogP contribution in [0.3, 0.4) is 0 Å². The monoisotopic (exact) mass is 271 g/mol.